The Morgan fingerprint density at radius 1 is 1.37 bits per heavy atom. The number of aromatic nitrogens is 1. The van der Waals surface area contributed by atoms with Gasteiger partial charge in [0.15, 0.2) is 5.43 Å². The topological polar surface area (TPSA) is 85.8 Å². The molecule has 0 spiro atoms. The number of nitrogens with one attached hydrogen (secondary N) is 2. The Morgan fingerprint density at radius 2 is 2.21 bits per heavy atom. The van der Waals surface area contributed by atoms with E-state index in [9.17, 15) is 9.59 Å². The van der Waals surface area contributed by atoms with E-state index in [1.165, 1.54) is 18.5 Å². The number of carbonyl (C=O) groups excluding carboxylic acids is 1. The molecule has 5 heteroatoms. The largest absolute Gasteiger partial charge is 0.367 e. The van der Waals surface area contributed by atoms with E-state index in [-0.39, 0.29) is 17.5 Å². The van der Waals surface area contributed by atoms with Crippen LogP contribution in [0.1, 0.15) is 21.5 Å². The van der Waals surface area contributed by atoms with Crippen LogP contribution in [0.2, 0.25) is 0 Å². The number of benzene rings is 1. The van der Waals surface area contributed by atoms with E-state index >= 15 is 0 Å². The highest BCUT2D eigenvalue weighted by molar-refractivity contribution is 5.93. The zero-order valence-corrected chi connectivity index (χ0v) is 10.0. The molecule has 94 valence electrons. The van der Waals surface area contributed by atoms with Gasteiger partial charge >= 0.3 is 0 Å². The summed E-state index contributed by atoms with van der Waals surface area (Å²) in [4.78, 5) is 25.9. The van der Waals surface area contributed by atoms with Crippen LogP contribution >= 0.6 is 0 Å². The number of amides is 1. The smallest absolute Gasteiger partial charge is 0.257 e. The molecule has 1 amide bonds. The molecule has 1 heterocycles. The van der Waals surface area contributed by atoms with E-state index < -0.39 is 5.91 Å². The fourth-order valence-corrected chi connectivity index (χ4v) is 1.62. The van der Waals surface area contributed by atoms with E-state index in [4.69, 9.17) is 5.26 Å². The zero-order chi connectivity index (χ0) is 13.7. The predicted octanol–water partition coefficient (Wildman–Crippen LogP) is 1.18. The van der Waals surface area contributed by atoms with Crippen molar-refractivity contribution in [1.29, 1.82) is 5.26 Å². The molecule has 1 aromatic carbocycles. The molecule has 1 aromatic heterocycles. The maximum atomic E-state index is 11.8. The Bertz CT molecular complexity index is 698. The third-order valence-corrected chi connectivity index (χ3v) is 2.58. The average molecular weight is 253 g/mol. The quantitative estimate of drug-likeness (QED) is 0.861. The second kappa shape index (κ2) is 5.65. The summed E-state index contributed by atoms with van der Waals surface area (Å²) in [7, 11) is 0. The molecule has 2 N–H and O–H groups in total. The maximum absolute atomic E-state index is 11.8. The second-order valence-electron chi connectivity index (χ2n) is 3.92. The first kappa shape index (κ1) is 12.6. The van der Waals surface area contributed by atoms with Gasteiger partial charge in [0.1, 0.15) is 5.56 Å². The van der Waals surface area contributed by atoms with Crippen LogP contribution in [0.15, 0.2) is 47.5 Å². The van der Waals surface area contributed by atoms with Crippen molar-refractivity contribution >= 4 is 5.91 Å². The fourth-order valence-electron chi connectivity index (χ4n) is 1.62. The van der Waals surface area contributed by atoms with Crippen LogP contribution in [0.4, 0.5) is 0 Å². The van der Waals surface area contributed by atoms with Crippen molar-refractivity contribution in [3.8, 4) is 6.07 Å². The third-order valence-electron chi connectivity index (χ3n) is 2.58. The molecule has 0 unspecified atom stereocenters. The first-order valence-corrected chi connectivity index (χ1v) is 5.65. The van der Waals surface area contributed by atoms with Gasteiger partial charge in [0.2, 0.25) is 0 Å². The minimum atomic E-state index is -0.441. The second-order valence-corrected chi connectivity index (χ2v) is 3.92. The number of rotatable bonds is 3. The van der Waals surface area contributed by atoms with Crippen LogP contribution < -0.4 is 10.7 Å². The van der Waals surface area contributed by atoms with Crippen molar-refractivity contribution in [2.75, 3.05) is 0 Å². The number of pyridine rings is 1. The zero-order valence-electron chi connectivity index (χ0n) is 10.0. The molecule has 0 radical (unpaired) electrons. The lowest BCUT2D eigenvalue weighted by Crippen LogP contribution is -2.27. The van der Waals surface area contributed by atoms with Gasteiger partial charge in [0, 0.05) is 25.0 Å². The van der Waals surface area contributed by atoms with Gasteiger partial charge in [0.05, 0.1) is 11.6 Å². The highest BCUT2D eigenvalue weighted by Gasteiger charge is 2.08. The molecule has 0 bridgehead atoms. The molecule has 5 nitrogen and oxygen atoms in total. The first-order chi connectivity index (χ1) is 9.20. The van der Waals surface area contributed by atoms with Crippen LogP contribution in [-0.4, -0.2) is 10.9 Å². The van der Waals surface area contributed by atoms with Crippen molar-refractivity contribution in [3.05, 3.63) is 69.6 Å². The molecule has 2 aromatic rings. The van der Waals surface area contributed by atoms with Crippen molar-refractivity contribution in [3.63, 3.8) is 0 Å². The van der Waals surface area contributed by atoms with Gasteiger partial charge in [-0.1, -0.05) is 12.1 Å². The first-order valence-electron chi connectivity index (χ1n) is 5.65. The van der Waals surface area contributed by atoms with Crippen LogP contribution in [0.3, 0.4) is 0 Å². The number of nitriles is 1. The number of hydrogen-bond donors (Lipinski definition) is 2. The molecular formula is C14H11N3O2. The van der Waals surface area contributed by atoms with Gasteiger partial charge in [-0.25, -0.2) is 0 Å². The third kappa shape index (κ3) is 3.07. The lowest BCUT2D eigenvalue weighted by molar-refractivity contribution is 0.0949. The van der Waals surface area contributed by atoms with E-state index in [0.29, 0.717) is 5.56 Å². The Balaban J connectivity index is 2.07. The van der Waals surface area contributed by atoms with Crippen LogP contribution in [-0.2, 0) is 6.54 Å². The molecule has 19 heavy (non-hydrogen) atoms. The van der Waals surface area contributed by atoms with Crippen LogP contribution in [0, 0.1) is 11.3 Å². The molecule has 0 aliphatic rings. The summed E-state index contributed by atoms with van der Waals surface area (Å²) < 4.78 is 0. The van der Waals surface area contributed by atoms with Crippen molar-refractivity contribution in [2.24, 2.45) is 0 Å². The molecule has 0 saturated heterocycles. The number of aromatic amines is 1. The number of nitrogens with zero attached hydrogens (tertiary/aromatic N) is 1. The normalized spacial score (nSPS) is 9.63. The van der Waals surface area contributed by atoms with Crippen LogP contribution in [0.5, 0.6) is 0 Å². The minimum Gasteiger partial charge on any atom is -0.367 e. The highest BCUT2D eigenvalue weighted by Crippen LogP contribution is 2.03. The lowest BCUT2D eigenvalue weighted by Gasteiger charge is -2.05. The molecular weight excluding hydrogens is 242 g/mol. The summed E-state index contributed by atoms with van der Waals surface area (Å²) in [6, 6.07) is 10.2. The monoisotopic (exact) mass is 253 g/mol. The fraction of sp³-hybridized carbons (Fsp3) is 0.0714. The summed E-state index contributed by atoms with van der Waals surface area (Å²) >= 11 is 0. The summed E-state index contributed by atoms with van der Waals surface area (Å²) in [5, 5.41) is 11.4. The Labute approximate surface area is 109 Å². The summed E-state index contributed by atoms with van der Waals surface area (Å²) in [6.45, 7) is 0.267. The van der Waals surface area contributed by atoms with E-state index in [1.807, 2.05) is 6.07 Å². The standard InChI is InChI=1S/C14H11N3O2/c15-7-10-2-1-3-11(6-10)8-17-14(19)12-9-16-5-4-13(12)18/h1-6,9H,8H2,(H,16,18)(H,17,19). The molecule has 2 rings (SSSR count). The Hall–Kier alpha value is -2.87. The molecule has 0 aliphatic carbocycles. The van der Waals surface area contributed by atoms with Gasteiger partial charge in [-0.2, -0.15) is 5.26 Å². The van der Waals surface area contributed by atoms with E-state index in [2.05, 4.69) is 10.3 Å². The van der Waals surface area contributed by atoms with Gasteiger partial charge in [0.25, 0.3) is 5.91 Å². The van der Waals surface area contributed by atoms with Gasteiger partial charge < -0.3 is 10.3 Å². The van der Waals surface area contributed by atoms with Crippen molar-refractivity contribution in [1.82, 2.24) is 10.3 Å². The Kier molecular flexibility index (Phi) is 3.74. The number of hydrogen-bond acceptors (Lipinski definition) is 3. The summed E-state index contributed by atoms with van der Waals surface area (Å²) in [5.41, 5.74) is 1.07. The van der Waals surface area contributed by atoms with Gasteiger partial charge in [-0.3, -0.25) is 9.59 Å². The lowest BCUT2D eigenvalue weighted by atomic mass is 10.1. The summed E-state index contributed by atoms with van der Waals surface area (Å²) in [6.07, 6.45) is 2.83. The molecule has 0 atom stereocenters. The minimum absolute atomic E-state index is 0.0685. The molecule has 0 fully saturated rings. The average Bonchev–Trinajstić information content (AvgIpc) is 2.45. The Morgan fingerprint density at radius 3 is 2.95 bits per heavy atom. The van der Waals surface area contributed by atoms with Gasteiger partial charge in [-0.05, 0) is 17.7 Å². The van der Waals surface area contributed by atoms with E-state index in [1.54, 1.807) is 24.3 Å². The van der Waals surface area contributed by atoms with E-state index in [0.717, 1.165) is 5.56 Å². The predicted molar refractivity (Wildman–Crippen MR) is 69.4 cm³/mol. The molecule has 0 aliphatic heterocycles. The summed E-state index contributed by atoms with van der Waals surface area (Å²) in [5.74, 6) is -0.441. The van der Waals surface area contributed by atoms with Crippen molar-refractivity contribution in [2.45, 2.75) is 6.54 Å². The molecule has 0 saturated carbocycles. The highest BCUT2D eigenvalue weighted by atomic mass is 16.2. The van der Waals surface area contributed by atoms with Gasteiger partial charge in [-0.15, -0.1) is 0 Å². The number of carbonyl (C=O) groups is 1. The van der Waals surface area contributed by atoms with Crippen LogP contribution in [0.25, 0.3) is 0 Å². The van der Waals surface area contributed by atoms with Crippen molar-refractivity contribution < 1.29 is 4.79 Å². The SMILES string of the molecule is N#Cc1cccc(CNC(=O)c2c[nH]ccc2=O)c1. The number of H-pyrrole nitrogens is 1. The maximum Gasteiger partial charge on any atom is 0.257 e.